The Morgan fingerprint density at radius 1 is 1.18 bits per heavy atom. The van der Waals surface area contributed by atoms with Crippen LogP contribution in [0.15, 0.2) is 54.6 Å². The van der Waals surface area contributed by atoms with Crippen LogP contribution < -0.4 is 5.73 Å². The van der Waals surface area contributed by atoms with Crippen molar-refractivity contribution in [3.63, 3.8) is 0 Å². The lowest BCUT2D eigenvalue weighted by molar-refractivity contribution is 0.100. The highest BCUT2D eigenvalue weighted by Gasteiger charge is 2.38. The summed E-state index contributed by atoms with van der Waals surface area (Å²) in [6.45, 7) is 3.45. The molecule has 2 N–H and O–H groups in total. The SMILES string of the molecule is C[C@@H](CCc1ccc(C(N)=O)cc1)N1C[C@H]1c1ccccc1. The van der Waals surface area contributed by atoms with Crippen LogP contribution in [0.2, 0.25) is 0 Å². The van der Waals surface area contributed by atoms with Crippen LogP contribution in [0, 0.1) is 0 Å². The number of nitrogens with two attached hydrogens (primary N) is 1. The van der Waals surface area contributed by atoms with E-state index in [0.29, 0.717) is 17.6 Å². The molecule has 22 heavy (non-hydrogen) atoms. The molecule has 1 aliphatic rings. The highest BCUT2D eigenvalue weighted by molar-refractivity contribution is 5.92. The van der Waals surface area contributed by atoms with E-state index in [1.807, 2.05) is 24.3 Å². The third-order valence-electron chi connectivity index (χ3n) is 4.49. The molecule has 3 rings (SSSR count). The molecule has 2 aromatic carbocycles. The Morgan fingerprint density at radius 2 is 1.86 bits per heavy atom. The zero-order chi connectivity index (χ0) is 15.5. The fourth-order valence-corrected chi connectivity index (χ4v) is 2.99. The second kappa shape index (κ2) is 6.32. The largest absolute Gasteiger partial charge is 0.366 e. The molecule has 0 aromatic heterocycles. The molecule has 0 spiro atoms. The second-order valence-electron chi connectivity index (χ2n) is 6.07. The van der Waals surface area contributed by atoms with Gasteiger partial charge >= 0.3 is 0 Å². The van der Waals surface area contributed by atoms with Gasteiger partial charge in [0.25, 0.3) is 0 Å². The fourth-order valence-electron chi connectivity index (χ4n) is 2.99. The number of carbonyl (C=O) groups excluding carboxylic acids is 1. The van der Waals surface area contributed by atoms with Crippen molar-refractivity contribution < 1.29 is 4.79 Å². The minimum Gasteiger partial charge on any atom is -0.366 e. The number of hydrogen-bond donors (Lipinski definition) is 1. The fraction of sp³-hybridized carbons (Fsp3) is 0.316. The number of nitrogens with zero attached hydrogens (tertiary/aromatic N) is 1. The molecule has 3 heteroatoms. The van der Waals surface area contributed by atoms with Crippen molar-refractivity contribution >= 4 is 5.91 Å². The monoisotopic (exact) mass is 294 g/mol. The quantitative estimate of drug-likeness (QED) is 0.832. The van der Waals surface area contributed by atoms with Crippen LogP contribution in [0.5, 0.6) is 0 Å². The smallest absolute Gasteiger partial charge is 0.248 e. The van der Waals surface area contributed by atoms with Gasteiger partial charge in [-0.15, -0.1) is 0 Å². The molecular weight excluding hydrogens is 272 g/mol. The Hall–Kier alpha value is -2.13. The number of carbonyl (C=O) groups is 1. The van der Waals surface area contributed by atoms with Gasteiger partial charge in [-0.2, -0.15) is 0 Å². The van der Waals surface area contributed by atoms with Crippen molar-refractivity contribution in [2.75, 3.05) is 6.54 Å². The van der Waals surface area contributed by atoms with Crippen LogP contribution in [0.4, 0.5) is 0 Å². The third-order valence-corrected chi connectivity index (χ3v) is 4.49. The van der Waals surface area contributed by atoms with E-state index < -0.39 is 0 Å². The third kappa shape index (κ3) is 3.37. The van der Waals surface area contributed by atoms with Crippen molar-refractivity contribution in [1.82, 2.24) is 4.90 Å². The van der Waals surface area contributed by atoms with Crippen LogP contribution in [0.1, 0.15) is 40.9 Å². The molecular formula is C19H22N2O. The van der Waals surface area contributed by atoms with Crippen LogP contribution >= 0.6 is 0 Å². The minimum atomic E-state index is -0.366. The molecule has 0 radical (unpaired) electrons. The summed E-state index contributed by atoms with van der Waals surface area (Å²) in [5, 5.41) is 0. The average molecular weight is 294 g/mol. The van der Waals surface area contributed by atoms with Gasteiger partial charge in [0.1, 0.15) is 0 Å². The Kier molecular flexibility index (Phi) is 4.25. The number of rotatable bonds is 6. The molecule has 1 unspecified atom stereocenters. The highest BCUT2D eigenvalue weighted by atomic mass is 16.1. The minimum absolute atomic E-state index is 0.366. The normalized spacial score (nSPS) is 21.3. The van der Waals surface area contributed by atoms with E-state index >= 15 is 0 Å². The maximum atomic E-state index is 11.1. The summed E-state index contributed by atoms with van der Waals surface area (Å²) in [7, 11) is 0. The zero-order valence-electron chi connectivity index (χ0n) is 12.9. The zero-order valence-corrected chi connectivity index (χ0v) is 12.9. The van der Waals surface area contributed by atoms with Gasteiger partial charge in [0.15, 0.2) is 0 Å². The van der Waals surface area contributed by atoms with Gasteiger partial charge in [-0.3, -0.25) is 9.69 Å². The molecule has 0 saturated carbocycles. The van der Waals surface area contributed by atoms with E-state index in [9.17, 15) is 4.79 Å². The maximum absolute atomic E-state index is 11.1. The first-order valence-corrected chi connectivity index (χ1v) is 7.84. The van der Waals surface area contributed by atoms with Gasteiger partial charge in [0.2, 0.25) is 5.91 Å². The number of hydrogen-bond acceptors (Lipinski definition) is 2. The topological polar surface area (TPSA) is 46.1 Å². The number of aryl methyl sites for hydroxylation is 1. The molecule has 2 aromatic rings. The summed E-state index contributed by atoms with van der Waals surface area (Å²) in [4.78, 5) is 13.6. The van der Waals surface area contributed by atoms with Crippen LogP contribution in [-0.2, 0) is 6.42 Å². The van der Waals surface area contributed by atoms with Crippen molar-refractivity contribution in [1.29, 1.82) is 0 Å². The van der Waals surface area contributed by atoms with Gasteiger partial charge in [0, 0.05) is 24.2 Å². The molecule has 1 heterocycles. The number of amides is 1. The Morgan fingerprint density at radius 3 is 2.50 bits per heavy atom. The molecule has 3 atom stereocenters. The molecule has 0 aliphatic carbocycles. The lowest BCUT2D eigenvalue weighted by Gasteiger charge is -2.14. The summed E-state index contributed by atoms with van der Waals surface area (Å²) in [5.41, 5.74) is 8.51. The number of primary amides is 1. The Bertz CT molecular complexity index is 636. The van der Waals surface area contributed by atoms with Gasteiger partial charge in [-0.05, 0) is 43.0 Å². The predicted octanol–water partition coefficient (Wildman–Crippen LogP) is 3.16. The summed E-state index contributed by atoms with van der Waals surface area (Å²) in [6.07, 6.45) is 2.15. The van der Waals surface area contributed by atoms with Gasteiger partial charge in [0.05, 0.1) is 0 Å². The second-order valence-corrected chi connectivity index (χ2v) is 6.07. The van der Waals surface area contributed by atoms with E-state index in [0.717, 1.165) is 19.4 Å². The first-order chi connectivity index (χ1) is 10.6. The molecule has 0 bridgehead atoms. The average Bonchev–Trinajstić information content (AvgIpc) is 3.34. The van der Waals surface area contributed by atoms with Gasteiger partial charge in [-0.1, -0.05) is 42.5 Å². The maximum Gasteiger partial charge on any atom is 0.248 e. The molecule has 114 valence electrons. The molecule has 1 amide bonds. The van der Waals surface area contributed by atoms with E-state index in [2.05, 4.69) is 42.2 Å². The Labute approximate surface area is 131 Å². The lowest BCUT2D eigenvalue weighted by Crippen LogP contribution is -2.16. The van der Waals surface area contributed by atoms with Crippen LogP contribution in [-0.4, -0.2) is 23.4 Å². The molecule has 1 aliphatic heterocycles. The van der Waals surface area contributed by atoms with Crippen molar-refractivity contribution in [2.45, 2.75) is 31.8 Å². The van der Waals surface area contributed by atoms with Gasteiger partial charge < -0.3 is 5.73 Å². The van der Waals surface area contributed by atoms with E-state index in [-0.39, 0.29) is 5.91 Å². The van der Waals surface area contributed by atoms with Crippen molar-refractivity contribution in [3.05, 3.63) is 71.3 Å². The predicted molar refractivity (Wildman–Crippen MR) is 88.6 cm³/mol. The Balaban J connectivity index is 1.51. The van der Waals surface area contributed by atoms with Crippen LogP contribution in [0.3, 0.4) is 0 Å². The summed E-state index contributed by atoms with van der Waals surface area (Å²) in [6, 6.07) is 19.5. The molecule has 1 saturated heterocycles. The van der Waals surface area contributed by atoms with Gasteiger partial charge in [-0.25, -0.2) is 0 Å². The van der Waals surface area contributed by atoms with E-state index in [1.54, 1.807) is 0 Å². The first kappa shape index (κ1) is 14.8. The lowest BCUT2D eigenvalue weighted by atomic mass is 10.0. The van der Waals surface area contributed by atoms with Crippen molar-refractivity contribution in [2.24, 2.45) is 5.73 Å². The molecule has 1 fully saturated rings. The summed E-state index contributed by atoms with van der Waals surface area (Å²) < 4.78 is 0. The number of benzene rings is 2. The standard InChI is InChI=1S/C19H22N2O/c1-14(21-13-18(21)16-5-3-2-4-6-16)7-8-15-9-11-17(12-10-15)19(20)22/h2-6,9-12,14,18H,7-8,13H2,1H3,(H2,20,22)/t14-,18-,21?/m0/s1. The van der Waals surface area contributed by atoms with E-state index in [4.69, 9.17) is 5.73 Å². The molecule has 3 nitrogen and oxygen atoms in total. The first-order valence-electron chi connectivity index (χ1n) is 7.84. The highest BCUT2D eigenvalue weighted by Crippen LogP contribution is 2.37. The van der Waals surface area contributed by atoms with E-state index in [1.165, 1.54) is 11.1 Å². The summed E-state index contributed by atoms with van der Waals surface area (Å²) >= 11 is 0. The van der Waals surface area contributed by atoms with Crippen molar-refractivity contribution in [3.8, 4) is 0 Å². The summed E-state index contributed by atoms with van der Waals surface area (Å²) in [5.74, 6) is -0.366. The van der Waals surface area contributed by atoms with Crippen LogP contribution in [0.25, 0.3) is 0 Å².